The molecule has 1 aliphatic rings. The highest BCUT2D eigenvalue weighted by Gasteiger charge is 2.20. The molecule has 1 aromatic rings. The molecule has 0 atom stereocenters. The molecule has 0 N–H and O–H groups in total. The van der Waals surface area contributed by atoms with Crippen LogP contribution in [-0.2, 0) is 11.2 Å². The van der Waals surface area contributed by atoms with Crippen molar-refractivity contribution in [3.8, 4) is 0 Å². The maximum absolute atomic E-state index is 10.5. The lowest BCUT2D eigenvalue weighted by Crippen LogP contribution is -1.99. The first-order valence-electron chi connectivity index (χ1n) is 4.46. The minimum absolute atomic E-state index is 0.137. The molecule has 0 spiro atoms. The van der Waals surface area contributed by atoms with Crippen molar-refractivity contribution in [3.63, 3.8) is 0 Å². The van der Waals surface area contributed by atoms with Crippen molar-refractivity contribution in [3.05, 3.63) is 40.4 Å². The average Bonchev–Trinajstić information content (AvgIpc) is 2.50. The molecule has 1 aliphatic carbocycles. The van der Waals surface area contributed by atoms with Crippen LogP contribution in [0.5, 0.6) is 0 Å². The summed E-state index contributed by atoms with van der Waals surface area (Å²) in [7, 11) is 0. The third kappa shape index (κ3) is 2.16. The minimum Gasteiger partial charge on any atom is -0.449 e. The van der Waals surface area contributed by atoms with Crippen molar-refractivity contribution in [1.29, 1.82) is 0 Å². The number of carbonyl (C=O) groups is 1. The number of carbonyl (C=O) groups excluding carboxylic acids is 1. The van der Waals surface area contributed by atoms with E-state index < -0.39 is 5.43 Å². The maximum atomic E-state index is 10.5. The molecule has 0 bridgehead atoms. The fourth-order valence-electron chi connectivity index (χ4n) is 1.67. The molecule has 0 saturated carbocycles. The lowest BCUT2D eigenvalue weighted by atomic mass is 10.1. The lowest BCUT2D eigenvalue weighted by molar-refractivity contribution is 0.188. The van der Waals surface area contributed by atoms with Crippen LogP contribution in [0.25, 0.3) is 5.57 Å². The summed E-state index contributed by atoms with van der Waals surface area (Å²) in [5.74, 6) is 0. The van der Waals surface area contributed by atoms with Crippen molar-refractivity contribution in [2.75, 3.05) is 6.61 Å². The van der Waals surface area contributed by atoms with Gasteiger partial charge in [-0.2, -0.15) is 0 Å². The van der Waals surface area contributed by atoms with Crippen LogP contribution < -0.4 is 0 Å². The number of hydrogen-bond donors (Lipinski definition) is 0. The lowest BCUT2D eigenvalue weighted by Gasteiger charge is -2.04. The standard InChI is InChI=1S/C11H8Cl2O2/c12-10-5-7-3-1-2-4-8(7)9(10)6-15-11(13)14/h1-4H,5-6H2. The molecule has 0 amide bonds. The van der Waals surface area contributed by atoms with Crippen LogP contribution in [0.3, 0.4) is 0 Å². The van der Waals surface area contributed by atoms with Gasteiger partial charge in [-0.05, 0) is 11.1 Å². The van der Waals surface area contributed by atoms with Gasteiger partial charge in [0.1, 0.15) is 6.61 Å². The van der Waals surface area contributed by atoms with E-state index in [1.54, 1.807) is 0 Å². The second kappa shape index (κ2) is 4.25. The van der Waals surface area contributed by atoms with Gasteiger partial charge in [-0.3, -0.25) is 0 Å². The summed E-state index contributed by atoms with van der Waals surface area (Å²) in [6, 6.07) is 7.85. The van der Waals surface area contributed by atoms with Gasteiger partial charge in [0.05, 0.1) is 0 Å². The van der Waals surface area contributed by atoms with Crippen molar-refractivity contribution < 1.29 is 9.53 Å². The van der Waals surface area contributed by atoms with Gasteiger partial charge < -0.3 is 4.74 Å². The number of fused-ring (bicyclic) bond motifs is 1. The summed E-state index contributed by atoms with van der Waals surface area (Å²) >= 11 is 11.2. The Morgan fingerprint density at radius 2 is 2.13 bits per heavy atom. The first kappa shape index (κ1) is 10.5. The zero-order valence-corrected chi connectivity index (χ0v) is 9.31. The summed E-state index contributed by atoms with van der Waals surface area (Å²) < 4.78 is 4.74. The van der Waals surface area contributed by atoms with Crippen LogP contribution in [0, 0.1) is 0 Å². The molecule has 1 aromatic carbocycles. The van der Waals surface area contributed by atoms with E-state index in [2.05, 4.69) is 0 Å². The van der Waals surface area contributed by atoms with E-state index in [0.29, 0.717) is 11.5 Å². The monoisotopic (exact) mass is 242 g/mol. The summed E-state index contributed by atoms with van der Waals surface area (Å²) in [4.78, 5) is 10.5. The largest absolute Gasteiger partial charge is 0.449 e. The summed E-state index contributed by atoms with van der Waals surface area (Å²) in [5, 5.41) is 0.717. The van der Waals surface area contributed by atoms with Gasteiger partial charge in [-0.1, -0.05) is 35.9 Å². The molecule has 4 heteroatoms. The predicted molar refractivity (Wildman–Crippen MR) is 60.1 cm³/mol. The molecular formula is C11H8Cl2O2. The molecule has 0 radical (unpaired) electrons. The number of benzene rings is 1. The van der Waals surface area contributed by atoms with Crippen LogP contribution in [0.2, 0.25) is 0 Å². The quantitative estimate of drug-likeness (QED) is 0.742. The Kier molecular flexibility index (Phi) is 2.98. The van der Waals surface area contributed by atoms with Gasteiger partial charge in [0, 0.05) is 28.6 Å². The number of rotatable bonds is 2. The van der Waals surface area contributed by atoms with Gasteiger partial charge in [0.25, 0.3) is 0 Å². The SMILES string of the molecule is O=C(Cl)OCC1=C(Cl)Cc2ccccc21. The number of ether oxygens (including phenoxy) is 1. The molecule has 15 heavy (non-hydrogen) atoms. The van der Waals surface area contributed by atoms with Crippen LogP contribution in [0.15, 0.2) is 29.3 Å². The van der Waals surface area contributed by atoms with Crippen molar-refractivity contribution in [2.24, 2.45) is 0 Å². The summed E-state index contributed by atoms with van der Waals surface area (Å²) in [6.07, 6.45) is 0.701. The number of allylic oxidation sites excluding steroid dienone is 1. The topological polar surface area (TPSA) is 26.3 Å². The van der Waals surface area contributed by atoms with E-state index in [1.807, 2.05) is 24.3 Å². The van der Waals surface area contributed by atoms with E-state index in [1.165, 1.54) is 0 Å². The van der Waals surface area contributed by atoms with Gasteiger partial charge in [0.2, 0.25) is 0 Å². The number of halogens is 2. The van der Waals surface area contributed by atoms with Gasteiger partial charge in [-0.25, -0.2) is 4.79 Å². The summed E-state index contributed by atoms with van der Waals surface area (Å²) in [6.45, 7) is 0.137. The van der Waals surface area contributed by atoms with Crippen LogP contribution in [-0.4, -0.2) is 12.0 Å². The first-order valence-corrected chi connectivity index (χ1v) is 5.22. The second-order valence-electron chi connectivity index (χ2n) is 3.24. The van der Waals surface area contributed by atoms with E-state index in [4.69, 9.17) is 27.9 Å². The molecule has 0 aromatic heterocycles. The fourth-order valence-corrected chi connectivity index (χ4v) is 2.03. The van der Waals surface area contributed by atoms with E-state index in [-0.39, 0.29) is 6.61 Å². The van der Waals surface area contributed by atoms with Crippen LogP contribution in [0.4, 0.5) is 4.79 Å². The predicted octanol–water partition coefficient (Wildman–Crippen LogP) is 3.57. The first-order chi connectivity index (χ1) is 7.18. The highest BCUT2D eigenvalue weighted by molar-refractivity contribution is 6.61. The number of hydrogen-bond acceptors (Lipinski definition) is 2. The van der Waals surface area contributed by atoms with E-state index in [0.717, 1.165) is 16.7 Å². The normalized spacial score (nSPS) is 14.0. The molecule has 0 fully saturated rings. The highest BCUT2D eigenvalue weighted by atomic mass is 35.5. The minimum atomic E-state index is -0.809. The zero-order chi connectivity index (χ0) is 10.8. The smallest absolute Gasteiger partial charge is 0.404 e. The molecule has 0 aliphatic heterocycles. The Labute approximate surface area is 97.4 Å². The van der Waals surface area contributed by atoms with Crippen molar-refractivity contribution in [2.45, 2.75) is 6.42 Å². The van der Waals surface area contributed by atoms with Gasteiger partial charge in [0.15, 0.2) is 0 Å². The van der Waals surface area contributed by atoms with Crippen molar-refractivity contribution >= 4 is 34.2 Å². The fraction of sp³-hybridized carbons (Fsp3) is 0.182. The molecule has 2 rings (SSSR count). The Hall–Kier alpha value is -0.990. The molecule has 0 unspecified atom stereocenters. The van der Waals surface area contributed by atoms with E-state index in [9.17, 15) is 4.79 Å². The molecule has 2 nitrogen and oxygen atoms in total. The zero-order valence-electron chi connectivity index (χ0n) is 7.80. The van der Waals surface area contributed by atoms with Crippen molar-refractivity contribution in [1.82, 2.24) is 0 Å². The highest BCUT2D eigenvalue weighted by Crippen LogP contribution is 2.34. The third-order valence-corrected chi connectivity index (χ3v) is 2.82. The molecule has 78 valence electrons. The van der Waals surface area contributed by atoms with Crippen LogP contribution in [0.1, 0.15) is 11.1 Å². The molecule has 0 saturated heterocycles. The van der Waals surface area contributed by atoms with Crippen LogP contribution >= 0.6 is 23.2 Å². The Bertz CT molecular complexity index is 438. The van der Waals surface area contributed by atoms with Gasteiger partial charge >= 0.3 is 5.43 Å². The Balaban J connectivity index is 2.24. The van der Waals surface area contributed by atoms with E-state index >= 15 is 0 Å². The average molecular weight is 243 g/mol. The molecular weight excluding hydrogens is 235 g/mol. The Morgan fingerprint density at radius 3 is 2.87 bits per heavy atom. The third-order valence-electron chi connectivity index (χ3n) is 2.35. The Morgan fingerprint density at radius 1 is 1.40 bits per heavy atom. The summed E-state index contributed by atoms with van der Waals surface area (Å²) in [5.41, 5.74) is 2.24. The second-order valence-corrected chi connectivity index (χ2v) is 4.01. The maximum Gasteiger partial charge on any atom is 0.404 e. The molecule has 0 heterocycles. The van der Waals surface area contributed by atoms with Gasteiger partial charge in [-0.15, -0.1) is 0 Å².